The molecule has 6 nitrogen and oxygen atoms in total. The molecule has 1 fully saturated rings. The van der Waals surface area contributed by atoms with Crippen molar-refractivity contribution in [3.63, 3.8) is 0 Å². The molecule has 132 valence electrons. The molecular formula is C18H20NO5P. The summed E-state index contributed by atoms with van der Waals surface area (Å²) in [6.07, 6.45) is 1.46. The van der Waals surface area contributed by atoms with Crippen LogP contribution in [0.5, 0.6) is 0 Å². The van der Waals surface area contributed by atoms with Crippen LogP contribution in [-0.2, 0) is 26.8 Å². The Bertz CT molecular complexity index is 1060. The van der Waals surface area contributed by atoms with Gasteiger partial charge in [0, 0.05) is 34.3 Å². The smallest absolute Gasteiger partial charge is 0.360 e. The van der Waals surface area contributed by atoms with Crippen molar-refractivity contribution in [1.82, 2.24) is 4.57 Å². The molecular weight excluding hydrogens is 341 g/mol. The third kappa shape index (κ3) is 2.74. The van der Waals surface area contributed by atoms with E-state index in [0.717, 1.165) is 16.3 Å². The summed E-state index contributed by atoms with van der Waals surface area (Å²) in [6, 6.07) is 7.72. The summed E-state index contributed by atoms with van der Waals surface area (Å²) in [5.41, 5.74) is 1.47. The minimum Gasteiger partial charge on any atom is -0.429 e. The van der Waals surface area contributed by atoms with E-state index in [2.05, 4.69) is 0 Å². The van der Waals surface area contributed by atoms with Crippen LogP contribution in [0.25, 0.3) is 21.8 Å². The fraction of sp³-hybridized carbons (Fsp3) is 0.389. The highest BCUT2D eigenvalue weighted by molar-refractivity contribution is 7.53. The number of aryl methyl sites for hydroxylation is 1. The summed E-state index contributed by atoms with van der Waals surface area (Å²) < 4.78 is 31.2. The second-order valence-electron chi connectivity index (χ2n) is 7.33. The molecule has 7 heteroatoms. The van der Waals surface area contributed by atoms with E-state index in [-0.39, 0.29) is 11.6 Å². The predicted molar refractivity (Wildman–Crippen MR) is 96.0 cm³/mol. The number of hydrogen-bond donors (Lipinski definition) is 0. The number of benzene rings is 1. The monoisotopic (exact) mass is 361 g/mol. The average molecular weight is 361 g/mol. The van der Waals surface area contributed by atoms with Gasteiger partial charge in [0.25, 0.3) is 0 Å². The van der Waals surface area contributed by atoms with Crippen LogP contribution in [0.2, 0.25) is 0 Å². The van der Waals surface area contributed by atoms with Gasteiger partial charge in [-0.15, -0.1) is 0 Å². The summed E-state index contributed by atoms with van der Waals surface area (Å²) in [7, 11) is -1.45. The van der Waals surface area contributed by atoms with Crippen LogP contribution in [-0.4, -0.2) is 17.8 Å². The summed E-state index contributed by atoms with van der Waals surface area (Å²) in [4.78, 5) is 12.3. The van der Waals surface area contributed by atoms with Gasteiger partial charge in [0.2, 0.25) is 0 Å². The molecule has 2 aromatic heterocycles. The van der Waals surface area contributed by atoms with E-state index in [1.54, 1.807) is 0 Å². The van der Waals surface area contributed by atoms with Crippen LogP contribution in [0.15, 0.2) is 39.7 Å². The molecule has 0 amide bonds. The molecule has 3 aromatic rings. The number of rotatable bonds is 2. The largest absolute Gasteiger partial charge is 0.429 e. The van der Waals surface area contributed by atoms with E-state index in [1.165, 1.54) is 6.26 Å². The van der Waals surface area contributed by atoms with Crippen molar-refractivity contribution in [3.05, 3.63) is 46.5 Å². The van der Waals surface area contributed by atoms with Crippen LogP contribution in [0.1, 0.15) is 19.4 Å². The maximum absolute atomic E-state index is 13.0. The van der Waals surface area contributed by atoms with Crippen molar-refractivity contribution < 1.29 is 18.0 Å². The van der Waals surface area contributed by atoms with Crippen molar-refractivity contribution >= 4 is 29.4 Å². The molecule has 1 aliphatic heterocycles. The highest BCUT2D eigenvalue weighted by Crippen LogP contribution is 2.56. The molecule has 0 atom stereocenters. The average Bonchev–Trinajstić information content (AvgIpc) is 2.89. The summed E-state index contributed by atoms with van der Waals surface area (Å²) in [5, 5.41) is 1.67. The first-order chi connectivity index (χ1) is 11.8. The lowest BCUT2D eigenvalue weighted by Gasteiger charge is -2.34. The molecule has 0 saturated carbocycles. The van der Waals surface area contributed by atoms with E-state index >= 15 is 0 Å². The number of nitrogens with zero attached hydrogens (tertiary/aromatic N) is 1. The second-order valence-corrected chi connectivity index (χ2v) is 9.38. The van der Waals surface area contributed by atoms with Gasteiger partial charge < -0.3 is 18.0 Å². The Morgan fingerprint density at radius 3 is 2.60 bits per heavy atom. The van der Waals surface area contributed by atoms with Crippen LogP contribution in [0.4, 0.5) is 0 Å². The van der Waals surface area contributed by atoms with Gasteiger partial charge >= 0.3 is 13.2 Å². The van der Waals surface area contributed by atoms with Gasteiger partial charge in [-0.2, -0.15) is 0 Å². The van der Waals surface area contributed by atoms with Gasteiger partial charge in [-0.1, -0.05) is 32.0 Å². The number of para-hydroxylation sites is 1. The molecule has 0 aliphatic carbocycles. The first-order valence-electron chi connectivity index (χ1n) is 8.16. The quantitative estimate of drug-likeness (QED) is 0.644. The van der Waals surface area contributed by atoms with Gasteiger partial charge in [0.05, 0.1) is 25.6 Å². The molecule has 0 radical (unpaired) electrons. The molecule has 3 heterocycles. The topological polar surface area (TPSA) is 70.7 Å². The van der Waals surface area contributed by atoms with Crippen molar-refractivity contribution in [1.29, 1.82) is 0 Å². The van der Waals surface area contributed by atoms with Gasteiger partial charge in [-0.05, 0) is 6.07 Å². The molecule has 1 aliphatic rings. The van der Waals surface area contributed by atoms with E-state index < -0.39 is 13.2 Å². The Labute approximate surface area is 144 Å². The van der Waals surface area contributed by atoms with Crippen molar-refractivity contribution in [3.8, 4) is 0 Å². The third-order valence-corrected chi connectivity index (χ3v) is 6.37. The fourth-order valence-corrected chi connectivity index (χ4v) is 5.24. The first kappa shape index (κ1) is 16.6. The molecule has 1 aromatic carbocycles. The molecule has 25 heavy (non-hydrogen) atoms. The van der Waals surface area contributed by atoms with Crippen LogP contribution in [0, 0.1) is 5.41 Å². The zero-order valence-electron chi connectivity index (χ0n) is 14.4. The maximum Gasteiger partial charge on any atom is 0.360 e. The minimum absolute atomic E-state index is 0.0807. The summed E-state index contributed by atoms with van der Waals surface area (Å²) in [6.45, 7) is 4.75. The van der Waals surface area contributed by atoms with E-state index in [4.69, 9.17) is 13.5 Å². The lowest BCUT2D eigenvalue weighted by atomic mass is 9.97. The third-order valence-electron chi connectivity index (χ3n) is 4.60. The van der Waals surface area contributed by atoms with Crippen LogP contribution in [0.3, 0.4) is 0 Å². The van der Waals surface area contributed by atoms with Crippen LogP contribution < -0.4 is 5.63 Å². The Morgan fingerprint density at radius 1 is 1.20 bits per heavy atom. The van der Waals surface area contributed by atoms with Crippen LogP contribution >= 0.6 is 7.60 Å². The first-order valence-corrected chi connectivity index (χ1v) is 9.88. The molecule has 0 N–H and O–H groups in total. The Hall–Kier alpha value is -1.88. The van der Waals surface area contributed by atoms with E-state index in [1.807, 2.05) is 49.7 Å². The molecule has 0 unspecified atom stereocenters. The predicted octanol–water partition coefficient (Wildman–Crippen LogP) is 4.05. The Balaban J connectivity index is 1.86. The Kier molecular flexibility index (Phi) is 3.69. The van der Waals surface area contributed by atoms with E-state index in [0.29, 0.717) is 24.3 Å². The normalized spacial score (nSPS) is 19.5. The highest BCUT2D eigenvalue weighted by Gasteiger charge is 2.37. The second kappa shape index (κ2) is 5.56. The zero-order valence-corrected chi connectivity index (χ0v) is 15.3. The standard InChI is InChI=1S/C18H20NO5P/c1-18(2)10-23-25(21,24-11-18)9-12-8-22-17(20)16-15(12)13-6-4-5-7-14(13)19(16)3/h4-8H,9-11H2,1-3H3. The van der Waals surface area contributed by atoms with Gasteiger partial charge in [0.1, 0.15) is 5.52 Å². The lowest BCUT2D eigenvalue weighted by molar-refractivity contribution is 0.0409. The van der Waals surface area contributed by atoms with E-state index in [9.17, 15) is 9.36 Å². The fourth-order valence-electron chi connectivity index (χ4n) is 3.24. The van der Waals surface area contributed by atoms with Gasteiger partial charge in [0.15, 0.2) is 0 Å². The van der Waals surface area contributed by atoms with Gasteiger partial charge in [-0.25, -0.2) is 4.79 Å². The minimum atomic E-state index is -3.27. The van der Waals surface area contributed by atoms with Crippen molar-refractivity contribution in [2.24, 2.45) is 12.5 Å². The number of fused-ring (bicyclic) bond motifs is 3. The molecule has 4 rings (SSSR count). The van der Waals surface area contributed by atoms with Crippen molar-refractivity contribution in [2.75, 3.05) is 13.2 Å². The molecule has 0 bridgehead atoms. The maximum atomic E-state index is 13.0. The lowest BCUT2D eigenvalue weighted by Crippen LogP contribution is -2.29. The summed E-state index contributed by atoms with van der Waals surface area (Å²) >= 11 is 0. The van der Waals surface area contributed by atoms with Gasteiger partial charge in [-0.3, -0.25) is 4.57 Å². The summed E-state index contributed by atoms with van der Waals surface area (Å²) in [5.74, 6) is 0. The SMILES string of the molecule is Cn1c2ccccc2c2c(CP3(=O)OCC(C)(C)CO3)coc(=O)c21. The highest BCUT2D eigenvalue weighted by atomic mass is 31.2. The number of aromatic nitrogens is 1. The number of hydrogen-bond acceptors (Lipinski definition) is 5. The van der Waals surface area contributed by atoms with Crippen molar-refractivity contribution in [2.45, 2.75) is 20.0 Å². The molecule has 1 saturated heterocycles. The Morgan fingerprint density at radius 2 is 1.88 bits per heavy atom. The zero-order chi connectivity index (χ0) is 17.8. The molecule has 0 spiro atoms.